The third-order valence-corrected chi connectivity index (χ3v) is 3.10. The number of aliphatic hydroxyl groups excluding tert-OH is 1. The first-order valence-corrected chi connectivity index (χ1v) is 6.58. The molecule has 0 aliphatic carbocycles. The van der Waals surface area contributed by atoms with E-state index < -0.39 is 0 Å². The summed E-state index contributed by atoms with van der Waals surface area (Å²) < 4.78 is 5.06. The van der Waals surface area contributed by atoms with Crippen molar-refractivity contribution in [2.75, 3.05) is 24.8 Å². The largest absolute Gasteiger partial charge is 0.495 e. The first-order chi connectivity index (χ1) is 10.1. The van der Waals surface area contributed by atoms with Gasteiger partial charge in [0.2, 0.25) is 0 Å². The second-order valence-corrected chi connectivity index (χ2v) is 4.58. The Morgan fingerprint density at radius 2 is 1.95 bits per heavy atom. The Labute approximate surface area is 123 Å². The van der Waals surface area contributed by atoms with Crippen LogP contribution in [0.3, 0.4) is 0 Å². The topological polar surface area (TPSA) is 84.6 Å². The number of nitrogens with one attached hydrogen (secondary N) is 1. The number of hydrogen-bond acceptors (Lipinski definition) is 4. The molecule has 0 saturated carbocycles. The van der Waals surface area contributed by atoms with Crippen LogP contribution in [0.4, 0.5) is 11.4 Å². The van der Waals surface area contributed by atoms with Crippen molar-refractivity contribution in [3.63, 3.8) is 0 Å². The average molecular weight is 286 g/mol. The van der Waals surface area contributed by atoms with Gasteiger partial charge >= 0.3 is 0 Å². The summed E-state index contributed by atoms with van der Waals surface area (Å²) in [5.41, 5.74) is 8.38. The molecule has 0 atom stereocenters. The van der Waals surface area contributed by atoms with Gasteiger partial charge in [0, 0.05) is 17.9 Å². The van der Waals surface area contributed by atoms with Crippen LogP contribution < -0.4 is 15.8 Å². The number of nitrogen functional groups attached to an aromatic ring is 1. The SMILES string of the molecule is COc1ccc(C(=O)Nc2ccc(CCO)cc2)cc1N. The molecule has 0 radical (unpaired) electrons. The average Bonchev–Trinajstić information content (AvgIpc) is 2.49. The van der Waals surface area contributed by atoms with Crippen molar-refractivity contribution in [1.82, 2.24) is 0 Å². The van der Waals surface area contributed by atoms with Crippen LogP contribution in [-0.2, 0) is 6.42 Å². The van der Waals surface area contributed by atoms with Gasteiger partial charge in [-0.05, 0) is 42.3 Å². The molecule has 0 saturated heterocycles. The Morgan fingerprint density at radius 3 is 2.52 bits per heavy atom. The number of nitrogens with two attached hydrogens (primary N) is 1. The quantitative estimate of drug-likeness (QED) is 0.735. The maximum absolute atomic E-state index is 12.1. The number of carbonyl (C=O) groups excluding carboxylic acids is 1. The summed E-state index contributed by atoms with van der Waals surface area (Å²) in [5.74, 6) is 0.305. The number of benzene rings is 2. The third kappa shape index (κ3) is 3.73. The molecule has 0 aromatic heterocycles. The van der Waals surface area contributed by atoms with E-state index in [1.807, 2.05) is 12.1 Å². The van der Waals surface area contributed by atoms with Crippen molar-refractivity contribution in [1.29, 1.82) is 0 Å². The maximum atomic E-state index is 12.1. The van der Waals surface area contributed by atoms with Crippen molar-refractivity contribution in [3.8, 4) is 5.75 Å². The normalized spacial score (nSPS) is 10.2. The Bertz CT molecular complexity index is 624. The second-order valence-electron chi connectivity index (χ2n) is 4.58. The van der Waals surface area contributed by atoms with Crippen molar-refractivity contribution < 1.29 is 14.6 Å². The van der Waals surface area contributed by atoms with Gasteiger partial charge in [-0.1, -0.05) is 12.1 Å². The Morgan fingerprint density at radius 1 is 1.24 bits per heavy atom. The summed E-state index contributed by atoms with van der Waals surface area (Å²) in [6, 6.07) is 12.2. The Balaban J connectivity index is 2.08. The van der Waals surface area contributed by atoms with Crippen LogP contribution in [0.25, 0.3) is 0 Å². The van der Waals surface area contributed by atoms with E-state index in [1.165, 1.54) is 7.11 Å². The fourth-order valence-electron chi connectivity index (χ4n) is 1.96. The molecule has 0 spiro atoms. The molecule has 21 heavy (non-hydrogen) atoms. The van der Waals surface area contributed by atoms with Crippen LogP contribution in [0.5, 0.6) is 5.75 Å². The van der Waals surface area contributed by atoms with E-state index in [0.29, 0.717) is 29.1 Å². The van der Waals surface area contributed by atoms with E-state index >= 15 is 0 Å². The molecule has 5 nitrogen and oxygen atoms in total. The number of aliphatic hydroxyl groups is 1. The molecule has 0 unspecified atom stereocenters. The number of carbonyl (C=O) groups is 1. The van der Waals surface area contributed by atoms with Crippen LogP contribution in [0.2, 0.25) is 0 Å². The molecule has 0 heterocycles. The summed E-state index contributed by atoms with van der Waals surface area (Å²) >= 11 is 0. The zero-order chi connectivity index (χ0) is 15.2. The van der Waals surface area contributed by atoms with Crippen LogP contribution in [0, 0.1) is 0 Å². The van der Waals surface area contributed by atoms with Crippen molar-refractivity contribution in [3.05, 3.63) is 53.6 Å². The minimum atomic E-state index is -0.237. The number of anilines is 2. The fourth-order valence-corrected chi connectivity index (χ4v) is 1.96. The highest BCUT2D eigenvalue weighted by Gasteiger charge is 2.09. The van der Waals surface area contributed by atoms with Gasteiger partial charge in [0.05, 0.1) is 12.8 Å². The molecule has 2 aromatic rings. The van der Waals surface area contributed by atoms with Crippen LogP contribution in [-0.4, -0.2) is 24.7 Å². The summed E-state index contributed by atoms with van der Waals surface area (Å²) in [6.07, 6.45) is 0.600. The third-order valence-electron chi connectivity index (χ3n) is 3.10. The Kier molecular flexibility index (Phi) is 4.79. The van der Waals surface area contributed by atoms with E-state index in [0.717, 1.165) is 5.56 Å². The smallest absolute Gasteiger partial charge is 0.255 e. The highest BCUT2D eigenvalue weighted by molar-refractivity contribution is 6.05. The maximum Gasteiger partial charge on any atom is 0.255 e. The summed E-state index contributed by atoms with van der Waals surface area (Å²) in [4.78, 5) is 12.1. The highest BCUT2D eigenvalue weighted by atomic mass is 16.5. The lowest BCUT2D eigenvalue weighted by Gasteiger charge is -2.09. The van der Waals surface area contributed by atoms with Gasteiger partial charge in [-0.25, -0.2) is 0 Å². The van der Waals surface area contributed by atoms with Gasteiger partial charge < -0.3 is 20.9 Å². The standard InChI is InChI=1S/C16H18N2O3/c1-21-15-7-4-12(10-14(15)17)16(20)18-13-5-2-11(3-6-13)8-9-19/h2-7,10,19H,8-9,17H2,1H3,(H,18,20). The minimum absolute atomic E-state index is 0.108. The fraction of sp³-hybridized carbons (Fsp3) is 0.188. The number of amides is 1. The van der Waals surface area contributed by atoms with Gasteiger partial charge in [-0.15, -0.1) is 0 Å². The van der Waals surface area contributed by atoms with Crippen LogP contribution in [0.15, 0.2) is 42.5 Å². The number of methoxy groups -OCH3 is 1. The molecule has 1 amide bonds. The van der Waals surface area contributed by atoms with E-state index in [9.17, 15) is 4.79 Å². The molecule has 0 aliphatic heterocycles. The van der Waals surface area contributed by atoms with E-state index in [-0.39, 0.29) is 12.5 Å². The number of hydrogen-bond donors (Lipinski definition) is 3. The predicted molar refractivity (Wildman–Crippen MR) is 82.6 cm³/mol. The lowest BCUT2D eigenvalue weighted by Crippen LogP contribution is -2.12. The van der Waals surface area contributed by atoms with Crippen molar-refractivity contribution >= 4 is 17.3 Å². The van der Waals surface area contributed by atoms with Gasteiger partial charge in [-0.3, -0.25) is 4.79 Å². The van der Waals surface area contributed by atoms with Crippen LogP contribution >= 0.6 is 0 Å². The molecule has 2 rings (SSSR count). The molecule has 0 fully saturated rings. The zero-order valence-corrected chi connectivity index (χ0v) is 11.8. The van der Waals surface area contributed by atoms with Gasteiger partial charge in [0.15, 0.2) is 0 Å². The number of ether oxygens (including phenoxy) is 1. The highest BCUT2D eigenvalue weighted by Crippen LogP contribution is 2.22. The van der Waals surface area contributed by atoms with E-state index in [4.69, 9.17) is 15.6 Å². The number of rotatable bonds is 5. The van der Waals surface area contributed by atoms with Gasteiger partial charge in [0.1, 0.15) is 5.75 Å². The molecular formula is C16H18N2O3. The zero-order valence-electron chi connectivity index (χ0n) is 11.8. The summed E-state index contributed by atoms with van der Waals surface area (Å²) in [6.45, 7) is 0.108. The molecule has 2 aromatic carbocycles. The molecule has 110 valence electrons. The second kappa shape index (κ2) is 6.76. The van der Waals surface area contributed by atoms with Gasteiger partial charge in [0.25, 0.3) is 5.91 Å². The Hall–Kier alpha value is -2.53. The predicted octanol–water partition coefficient (Wildman–Crippen LogP) is 2.06. The first-order valence-electron chi connectivity index (χ1n) is 6.58. The van der Waals surface area contributed by atoms with Crippen LogP contribution in [0.1, 0.15) is 15.9 Å². The molecule has 5 heteroatoms. The van der Waals surface area contributed by atoms with E-state index in [2.05, 4.69) is 5.32 Å². The minimum Gasteiger partial charge on any atom is -0.495 e. The summed E-state index contributed by atoms with van der Waals surface area (Å²) in [7, 11) is 1.53. The summed E-state index contributed by atoms with van der Waals surface area (Å²) in [5, 5.41) is 11.7. The van der Waals surface area contributed by atoms with Gasteiger partial charge in [-0.2, -0.15) is 0 Å². The van der Waals surface area contributed by atoms with Crippen molar-refractivity contribution in [2.45, 2.75) is 6.42 Å². The monoisotopic (exact) mass is 286 g/mol. The first kappa shape index (κ1) is 14.9. The van der Waals surface area contributed by atoms with Crippen molar-refractivity contribution in [2.24, 2.45) is 0 Å². The molecule has 0 aliphatic rings. The lowest BCUT2D eigenvalue weighted by molar-refractivity contribution is 0.102. The molecule has 0 bridgehead atoms. The lowest BCUT2D eigenvalue weighted by atomic mass is 10.1. The molecule has 4 N–H and O–H groups in total. The molecular weight excluding hydrogens is 268 g/mol. The van der Waals surface area contributed by atoms with E-state index in [1.54, 1.807) is 30.3 Å².